The van der Waals surface area contributed by atoms with Crippen molar-refractivity contribution < 1.29 is 13.2 Å². The molecule has 6 nitrogen and oxygen atoms in total. The number of nitrogens with two attached hydrogens (primary N) is 2. The van der Waals surface area contributed by atoms with Gasteiger partial charge in [-0.15, -0.1) is 0 Å². The van der Waals surface area contributed by atoms with Gasteiger partial charge in [0.25, 0.3) is 0 Å². The zero-order valence-corrected chi connectivity index (χ0v) is 12.5. The Balaban J connectivity index is 2.00. The molecule has 1 aromatic carbocycles. The second kappa shape index (κ2) is 5.52. The SMILES string of the molecule is Cc1cc(N)c2cc(Nc3cc(C(F)(F)F)nc(N)n3)ccc2n1. The third-order valence-corrected chi connectivity index (χ3v) is 3.28. The van der Waals surface area contributed by atoms with Gasteiger partial charge < -0.3 is 16.8 Å². The average molecular weight is 334 g/mol. The summed E-state index contributed by atoms with van der Waals surface area (Å²) in [5.74, 6) is -0.530. The van der Waals surface area contributed by atoms with E-state index < -0.39 is 17.8 Å². The number of benzene rings is 1. The number of hydrogen-bond donors (Lipinski definition) is 3. The number of pyridine rings is 1. The lowest BCUT2D eigenvalue weighted by Crippen LogP contribution is -2.12. The normalized spacial score (nSPS) is 11.7. The van der Waals surface area contributed by atoms with Gasteiger partial charge in [-0.1, -0.05) is 0 Å². The fourth-order valence-corrected chi connectivity index (χ4v) is 2.29. The summed E-state index contributed by atoms with van der Waals surface area (Å²) in [6.45, 7) is 1.82. The van der Waals surface area contributed by atoms with Crippen LogP contribution in [0.2, 0.25) is 0 Å². The molecule has 0 aliphatic heterocycles. The van der Waals surface area contributed by atoms with Crippen LogP contribution < -0.4 is 16.8 Å². The van der Waals surface area contributed by atoms with Crippen LogP contribution in [0.1, 0.15) is 11.4 Å². The van der Waals surface area contributed by atoms with E-state index in [1.807, 2.05) is 6.92 Å². The highest BCUT2D eigenvalue weighted by Gasteiger charge is 2.33. The average Bonchev–Trinajstić information content (AvgIpc) is 2.46. The van der Waals surface area contributed by atoms with E-state index in [0.717, 1.165) is 11.8 Å². The second-order valence-corrected chi connectivity index (χ2v) is 5.20. The summed E-state index contributed by atoms with van der Waals surface area (Å²) in [7, 11) is 0. The number of hydrogen-bond acceptors (Lipinski definition) is 6. The molecule has 24 heavy (non-hydrogen) atoms. The fourth-order valence-electron chi connectivity index (χ4n) is 2.29. The molecule has 3 aromatic rings. The molecule has 0 fully saturated rings. The minimum absolute atomic E-state index is 0.0622. The predicted octanol–water partition coefficient (Wildman–Crippen LogP) is 3.26. The monoisotopic (exact) mass is 334 g/mol. The molecule has 0 atom stereocenters. The minimum atomic E-state index is -4.61. The Morgan fingerprint density at radius 2 is 1.75 bits per heavy atom. The summed E-state index contributed by atoms with van der Waals surface area (Å²) in [4.78, 5) is 11.3. The molecule has 0 saturated carbocycles. The Morgan fingerprint density at radius 1 is 1.00 bits per heavy atom. The minimum Gasteiger partial charge on any atom is -0.398 e. The van der Waals surface area contributed by atoms with E-state index in [1.165, 1.54) is 0 Å². The molecule has 124 valence electrons. The smallest absolute Gasteiger partial charge is 0.398 e. The molecule has 0 unspecified atom stereocenters. The molecule has 5 N–H and O–H groups in total. The van der Waals surface area contributed by atoms with Crippen molar-refractivity contribution in [3.8, 4) is 0 Å². The number of nitrogen functional groups attached to an aromatic ring is 2. The van der Waals surface area contributed by atoms with Crippen molar-refractivity contribution in [3.05, 3.63) is 41.7 Å². The first-order valence-corrected chi connectivity index (χ1v) is 6.88. The number of aromatic nitrogens is 3. The van der Waals surface area contributed by atoms with Crippen LogP contribution in [-0.2, 0) is 6.18 Å². The predicted molar refractivity (Wildman–Crippen MR) is 85.6 cm³/mol. The molecule has 0 bridgehead atoms. The van der Waals surface area contributed by atoms with Crippen molar-refractivity contribution in [2.45, 2.75) is 13.1 Å². The van der Waals surface area contributed by atoms with Gasteiger partial charge in [-0.25, -0.2) is 4.98 Å². The van der Waals surface area contributed by atoms with E-state index in [-0.39, 0.29) is 5.82 Å². The van der Waals surface area contributed by atoms with Gasteiger partial charge in [-0.05, 0) is 31.2 Å². The highest BCUT2D eigenvalue weighted by atomic mass is 19.4. The van der Waals surface area contributed by atoms with Crippen LogP contribution in [0, 0.1) is 6.92 Å². The third-order valence-electron chi connectivity index (χ3n) is 3.28. The van der Waals surface area contributed by atoms with E-state index in [4.69, 9.17) is 11.5 Å². The molecule has 0 aliphatic carbocycles. The number of anilines is 4. The van der Waals surface area contributed by atoms with Gasteiger partial charge in [-0.2, -0.15) is 18.2 Å². The largest absolute Gasteiger partial charge is 0.433 e. The summed E-state index contributed by atoms with van der Waals surface area (Å²) in [6.07, 6.45) is -4.61. The van der Waals surface area contributed by atoms with E-state index in [9.17, 15) is 13.2 Å². The van der Waals surface area contributed by atoms with Gasteiger partial charge >= 0.3 is 6.18 Å². The summed E-state index contributed by atoms with van der Waals surface area (Å²) in [5.41, 5.74) is 12.7. The number of halogens is 3. The van der Waals surface area contributed by atoms with Gasteiger partial charge in [0.1, 0.15) is 5.82 Å². The third kappa shape index (κ3) is 3.14. The molecule has 9 heteroatoms. The van der Waals surface area contributed by atoms with E-state index in [0.29, 0.717) is 22.3 Å². The molecular formula is C15H13F3N6. The van der Waals surface area contributed by atoms with Crippen LogP contribution in [0.3, 0.4) is 0 Å². The van der Waals surface area contributed by atoms with Crippen LogP contribution in [0.5, 0.6) is 0 Å². The number of aryl methyl sites for hydroxylation is 1. The number of fused-ring (bicyclic) bond motifs is 1. The van der Waals surface area contributed by atoms with Crippen molar-refractivity contribution in [3.63, 3.8) is 0 Å². The molecule has 2 aromatic heterocycles. The first-order chi connectivity index (χ1) is 11.2. The Hall–Kier alpha value is -3.10. The zero-order valence-electron chi connectivity index (χ0n) is 12.5. The molecule has 3 rings (SSSR count). The fraction of sp³-hybridized carbons (Fsp3) is 0.133. The Kier molecular flexibility index (Phi) is 3.63. The maximum atomic E-state index is 12.8. The van der Waals surface area contributed by atoms with E-state index >= 15 is 0 Å². The lowest BCUT2D eigenvalue weighted by atomic mass is 10.1. The first-order valence-electron chi connectivity index (χ1n) is 6.88. The zero-order chi connectivity index (χ0) is 17.5. The highest BCUT2D eigenvalue weighted by Crippen LogP contribution is 2.31. The molecule has 0 saturated heterocycles. The topological polar surface area (TPSA) is 103 Å². The van der Waals surface area contributed by atoms with Crippen LogP contribution >= 0.6 is 0 Å². The summed E-state index contributed by atoms with van der Waals surface area (Å²) in [6, 6.07) is 7.58. The summed E-state index contributed by atoms with van der Waals surface area (Å²) < 4.78 is 38.4. The molecule has 0 spiro atoms. The van der Waals surface area contributed by atoms with Crippen LogP contribution in [0.25, 0.3) is 10.9 Å². The van der Waals surface area contributed by atoms with Gasteiger partial charge in [0.05, 0.1) is 5.52 Å². The van der Waals surface area contributed by atoms with Crippen molar-refractivity contribution >= 4 is 34.0 Å². The Labute approximate surface area is 134 Å². The molecule has 0 radical (unpaired) electrons. The molecular weight excluding hydrogens is 321 g/mol. The lowest BCUT2D eigenvalue weighted by molar-refractivity contribution is -0.141. The van der Waals surface area contributed by atoms with Crippen LogP contribution in [0.15, 0.2) is 30.3 Å². The van der Waals surface area contributed by atoms with Crippen molar-refractivity contribution in [2.24, 2.45) is 0 Å². The highest BCUT2D eigenvalue weighted by molar-refractivity contribution is 5.93. The lowest BCUT2D eigenvalue weighted by Gasteiger charge is -2.11. The van der Waals surface area contributed by atoms with E-state index in [1.54, 1.807) is 24.3 Å². The first kappa shape index (κ1) is 15.8. The van der Waals surface area contributed by atoms with E-state index in [2.05, 4.69) is 20.3 Å². The van der Waals surface area contributed by atoms with Gasteiger partial charge in [0.2, 0.25) is 5.95 Å². The van der Waals surface area contributed by atoms with Crippen molar-refractivity contribution in [2.75, 3.05) is 16.8 Å². The quantitative estimate of drug-likeness (QED) is 0.665. The number of rotatable bonds is 2. The maximum absolute atomic E-state index is 12.8. The number of alkyl halides is 3. The van der Waals surface area contributed by atoms with Crippen LogP contribution in [0.4, 0.5) is 36.3 Å². The molecule has 0 amide bonds. The Bertz CT molecular complexity index is 923. The van der Waals surface area contributed by atoms with Crippen molar-refractivity contribution in [1.82, 2.24) is 15.0 Å². The van der Waals surface area contributed by atoms with Gasteiger partial charge in [-0.3, -0.25) is 4.98 Å². The second-order valence-electron chi connectivity index (χ2n) is 5.20. The number of nitrogens with zero attached hydrogens (tertiary/aromatic N) is 3. The van der Waals surface area contributed by atoms with Crippen molar-refractivity contribution in [1.29, 1.82) is 0 Å². The summed E-state index contributed by atoms with van der Waals surface area (Å²) in [5, 5.41) is 3.46. The Morgan fingerprint density at radius 3 is 2.46 bits per heavy atom. The standard InChI is InChI=1S/C15H13F3N6/c1-7-4-10(19)9-5-8(2-3-11(9)21-7)22-13-6-12(15(16,17)18)23-14(20)24-13/h2-6H,1H3,(H2,19,21)(H3,20,22,23,24). The molecule has 2 heterocycles. The van der Waals surface area contributed by atoms with Gasteiger partial charge in [0.15, 0.2) is 5.69 Å². The van der Waals surface area contributed by atoms with Gasteiger partial charge in [0, 0.05) is 28.5 Å². The maximum Gasteiger partial charge on any atom is 0.433 e. The number of nitrogens with one attached hydrogen (secondary N) is 1. The molecule has 0 aliphatic rings. The summed E-state index contributed by atoms with van der Waals surface area (Å²) >= 11 is 0. The van der Waals surface area contributed by atoms with Crippen LogP contribution in [-0.4, -0.2) is 15.0 Å².